The predicted molar refractivity (Wildman–Crippen MR) is 81.8 cm³/mol. The van der Waals surface area contributed by atoms with E-state index in [1.807, 2.05) is 0 Å². The fourth-order valence-corrected chi connectivity index (χ4v) is 1.84. The topological polar surface area (TPSA) is 97.4 Å². The molecule has 1 heterocycles. The summed E-state index contributed by atoms with van der Waals surface area (Å²) < 4.78 is 25.7. The van der Waals surface area contributed by atoms with Crippen molar-refractivity contribution in [2.24, 2.45) is 0 Å². The van der Waals surface area contributed by atoms with Crippen LogP contribution in [-0.4, -0.2) is 55.2 Å². The lowest BCUT2D eigenvalue weighted by atomic mass is 10.2. The first-order valence-electron chi connectivity index (χ1n) is 7.72. The monoisotopic (exact) mass is 344 g/mol. The molecule has 0 aromatic carbocycles. The van der Waals surface area contributed by atoms with Gasteiger partial charge in [0.1, 0.15) is 6.61 Å². The van der Waals surface area contributed by atoms with Gasteiger partial charge in [-0.25, -0.2) is 9.59 Å². The van der Waals surface area contributed by atoms with Gasteiger partial charge in [0.2, 0.25) is 0 Å². The maximum atomic E-state index is 12.1. The molecule has 0 spiro atoms. The molecular formula is C16H24O8. The second kappa shape index (κ2) is 9.39. The van der Waals surface area contributed by atoms with Crippen molar-refractivity contribution in [2.45, 2.75) is 65.3 Å². The highest BCUT2D eigenvalue weighted by atomic mass is 16.8. The predicted octanol–water partition coefficient (Wildman–Crippen LogP) is 1.12. The summed E-state index contributed by atoms with van der Waals surface area (Å²) in [5.74, 6) is -1.83. The van der Waals surface area contributed by atoms with Crippen LogP contribution in [0.4, 0.5) is 0 Å². The molecule has 0 aromatic rings. The second-order valence-electron chi connectivity index (χ2n) is 5.68. The smallest absolute Gasteiger partial charge is 0.339 e. The summed E-state index contributed by atoms with van der Waals surface area (Å²) in [6.45, 7) is 8.06. The fraction of sp³-hybridized carbons (Fsp3) is 0.688. The maximum Gasteiger partial charge on any atom is 0.339 e. The zero-order valence-electron chi connectivity index (χ0n) is 14.5. The Hall–Kier alpha value is -1.93. The highest BCUT2D eigenvalue weighted by Crippen LogP contribution is 2.23. The molecule has 0 radical (unpaired) electrons. The highest BCUT2D eigenvalue weighted by Gasteiger charge is 2.46. The van der Waals surface area contributed by atoms with E-state index in [0.717, 1.165) is 0 Å². The van der Waals surface area contributed by atoms with E-state index < -0.39 is 36.4 Å². The van der Waals surface area contributed by atoms with Gasteiger partial charge < -0.3 is 23.7 Å². The van der Waals surface area contributed by atoms with Crippen LogP contribution in [0.3, 0.4) is 0 Å². The van der Waals surface area contributed by atoms with Crippen molar-refractivity contribution in [1.29, 1.82) is 0 Å². The fourth-order valence-electron chi connectivity index (χ4n) is 1.84. The molecule has 136 valence electrons. The van der Waals surface area contributed by atoms with Gasteiger partial charge in [0.15, 0.2) is 18.5 Å². The molecule has 0 N–H and O–H groups in total. The Morgan fingerprint density at radius 1 is 0.958 bits per heavy atom. The van der Waals surface area contributed by atoms with Crippen molar-refractivity contribution in [1.82, 2.24) is 0 Å². The zero-order valence-corrected chi connectivity index (χ0v) is 14.5. The first-order valence-corrected chi connectivity index (χ1v) is 7.72. The third-order valence-corrected chi connectivity index (χ3v) is 2.68. The molecule has 1 aliphatic heterocycles. The van der Waals surface area contributed by atoms with Gasteiger partial charge in [-0.1, -0.05) is 0 Å². The number of rotatable bonds is 7. The van der Waals surface area contributed by atoms with Gasteiger partial charge >= 0.3 is 17.9 Å². The highest BCUT2D eigenvalue weighted by molar-refractivity contribution is 5.86. The van der Waals surface area contributed by atoms with Crippen LogP contribution in [0.25, 0.3) is 0 Å². The van der Waals surface area contributed by atoms with Gasteiger partial charge in [-0.2, -0.15) is 0 Å². The van der Waals surface area contributed by atoms with Crippen molar-refractivity contribution in [3.05, 3.63) is 12.2 Å². The van der Waals surface area contributed by atoms with Crippen molar-refractivity contribution >= 4 is 17.9 Å². The standard InChI is InChI=1S/C16H24O8/c1-9(2)21-15(18)13-14(16(19)22-10(3)4)24-12(23-13)7-6-8-20-11(5)17/h6-7,9-10,12-14H,8H2,1-5H3/t13-,14-/m0/s1. The first kappa shape index (κ1) is 20.1. The van der Waals surface area contributed by atoms with Gasteiger partial charge in [-0.15, -0.1) is 0 Å². The molecule has 8 nitrogen and oxygen atoms in total. The number of carbonyl (C=O) groups is 3. The number of esters is 3. The van der Waals surface area contributed by atoms with Crippen LogP contribution in [0.15, 0.2) is 12.2 Å². The van der Waals surface area contributed by atoms with Gasteiger partial charge in [-0.05, 0) is 39.8 Å². The first-order chi connectivity index (χ1) is 11.2. The summed E-state index contributed by atoms with van der Waals surface area (Å²) in [7, 11) is 0. The average molecular weight is 344 g/mol. The molecular weight excluding hydrogens is 320 g/mol. The third-order valence-electron chi connectivity index (χ3n) is 2.68. The molecule has 2 atom stereocenters. The SMILES string of the molecule is CC(=O)OCC=CC1O[C@H](C(=O)OC(C)C)[C@@H](C(=O)OC(C)C)O1. The second-order valence-corrected chi connectivity index (χ2v) is 5.68. The van der Waals surface area contributed by atoms with E-state index in [9.17, 15) is 14.4 Å². The quantitative estimate of drug-likeness (QED) is 0.385. The molecule has 0 aliphatic carbocycles. The Kier molecular flexibility index (Phi) is 7.87. The van der Waals surface area contributed by atoms with Crippen molar-refractivity contribution in [2.75, 3.05) is 6.61 Å². The summed E-state index contributed by atoms with van der Waals surface area (Å²) in [5, 5.41) is 0. The van der Waals surface area contributed by atoms with Crippen LogP contribution < -0.4 is 0 Å². The Bertz CT molecular complexity index is 452. The van der Waals surface area contributed by atoms with Crippen LogP contribution in [0.5, 0.6) is 0 Å². The van der Waals surface area contributed by atoms with E-state index >= 15 is 0 Å². The summed E-state index contributed by atoms with van der Waals surface area (Å²) in [4.78, 5) is 34.9. The number of hydrogen-bond acceptors (Lipinski definition) is 8. The molecule has 8 heteroatoms. The van der Waals surface area contributed by atoms with Gasteiger partial charge in [0.05, 0.1) is 12.2 Å². The molecule has 1 saturated heterocycles. The van der Waals surface area contributed by atoms with Crippen LogP contribution in [0.2, 0.25) is 0 Å². The van der Waals surface area contributed by atoms with Gasteiger partial charge in [-0.3, -0.25) is 4.79 Å². The lowest BCUT2D eigenvalue weighted by Gasteiger charge is -2.17. The molecule has 24 heavy (non-hydrogen) atoms. The van der Waals surface area contributed by atoms with E-state index in [1.165, 1.54) is 19.1 Å². The van der Waals surface area contributed by atoms with Crippen molar-refractivity contribution in [3.63, 3.8) is 0 Å². The molecule has 0 amide bonds. The van der Waals surface area contributed by atoms with Gasteiger partial charge in [0, 0.05) is 6.92 Å². The molecule has 1 rings (SSSR count). The molecule has 1 fully saturated rings. The van der Waals surface area contributed by atoms with Crippen LogP contribution >= 0.6 is 0 Å². The Morgan fingerprint density at radius 2 is 1.42 bits per heavy atom. The summed E-state index contributed by atoms with van der Waals surface area (Å²) in [6, 6.07) is 0. The maximum absolute atomic E-state index is 12.1. The number of ether oxygens (including phenoxy) is 5. The van der Waals surface area contributed by atoms with E-state index in [-0.39, 0.29) is 18.8 Å². The Labute approximate surface area is 141 Å². The van der Waals surface area contributed by atoms with Crippen LogP contribution in [-0.2, 0) is 38.1 Å². The van der Waals surface area contributed by atoms with E-state index in [0.29, 0.717) is 0 Å². The Morgan fingerprint density at radius 3 is 1.79 bits per heavy atom. The third kappa shape index (κ3) is 6.67. The molecule has 0 bridgehead atoms. The lowest BCUT2D eigenvalue weighted by molar-refractivity contribution is -0.167. The average Bonchev–Trinajstić information content (AvgIpc) is 2.86. The van der Waals surface area contributed by atoms with Gasteiger partial charge in [0.25, 0.3) is 0 Å². The normalized spacial score (nSPS) is 21.5. The summed E-state index contributed by atoms with van der Waals surface area (Å²) in [5.41, 5.74) is 0. The van der Waals surface area contributed by atoms with Crippen molar-refractivity contribution < 1.29 is 38.1 Å². The van der Waals surface area contributed by atoms with Crippen LogP contribution in [0.1, 0.15) is 34.6 Å². The zero-order chi connectivity index (χ0) is 18.3. The summed E-state index contributed by atoms with van der Waals surface area (Å²) in [6.07, 6.45) is -1.17. The Balaban J connectivity index is 2.75. The summed E-state index contributed by atoms with van der Waals surface area (Å²) >= 11 is 0. The minimum atomic E-state index is -1.22. The van der Waals surface area contributed by atoms with Crippen LogP contribution in [0, 0.1) is 0 Å². The number of carbonyl (C=O) groups excluding carboxylic acids is 3. The van der Waals surface area contributed by atoms with E-state index in [4.69, 9.17) is 23.7 Å². The largest absolute Gasteiger partial charge is 0.462 e. The number of hydrogen-bond donors (Lipinski definition) is 0. The minimum absolute atomic E-state index is 0.0285. The van der Waals surface area contributed by atoms with Crippen molar-refractivity contribution in [3.8, 4) is 0 Å². The molecule has 1 aliphatic rings. The minimum Gasteiger partial charge on any atom is -0.462 e. The molecule has 0 saturated carbocycles. The van der Waals surface area contributed by atoms with E-state index in [1.54, 1.807) is 27.7 Å². The molecule has 0 unspecified atom stereocenters. The molecule has 0 aromatic heterocycles. The van der Waals surface area contributed by atoms with E-state index in [2.05, 4.69) is 0 Å². The lowest BCUT2D eigenvalue weighted by Crippen LogP contribution is -2.40.